The third-order valence-electron chi connectivity index (χ3n) is 10.6. The fourth-order valence-corrected chi connectivity index (χ4v) is 7.83. The normalized spacial score (nSPS) is 17.5. The third kappa shape index (κ3) is 18.1. The van der Waals surface area contributed by atoms with Gasteiger partial charge < -0.3 is 35.8 Å². The van der Waals surface area contributed by atoms with Crippen LogP contribution in [0.1, 0.15) is 117 Å². The zero-order chi connectivity index (χ0) is 45.3. The molecule has 0 aromatic heterocycles. The van der Waals surface area contributed by atoms with Crippen LogP contribution in [0.2, 0.25) is 0 Å². The molecular formula is C46H72N6O8S. The molecule has 2 fully saturated rings. The fourth-order valence-electron chi connectivity index (χ4n) is 7.42. The number of nitrogens with one attached hydrogen (secondary N) is 4. The SMILES string of the molecule is CC.CCCC(NC(=O)C1CCCN1C(=O)C(NC(=O)CC(C)/C=C\C=C(/C)OCCCSC)C1CCCCC1)C(=O)C(=O)NCC(=O)NC(C(=O)N(C)C)c1ccccc1. The Kier molecular flexibility index (Phi) is 24.8. The summed E-state index contributed by atoms with van der Waals surface area (Å²) in [5.74, 6) is -2.46. The maximum absolute atomic E-state index is 14.3. The van der Waals surface area contributed by atoms with Crippen LogP contribution < -0.4 is 21.3 Å². The first-order chi connectivity index (χ1) is 29.3. The molecule has 4 N–H and O–H groups in total. The predicted octanol–water partition coefficient (Wildman–Crippen LogP) is 5.24. The van der Waals surface area contributed by atoms with Gasteiger partial charge in [0, 0.05) is 27.1 Å². The van der Waals surface area contributed by atoms with Gasteiger partial charge in [0.15, 0.2) is 0 Å². The van der Waals surface area contributed by atoms with Gasteiger partial charge in [-0.2, -0.15) is 11.8 Å². The van der Waals surface area contributed by atoms with Crippen molar-refractivity contribution in [2.45, 2.75) is 129 Å². The highest BCUT2D eigenvalue weighted by Crippen LogP contribution is 2.30. The third-order valence-corrected chi connectivity index (χ3v) is 11.3. The van der Waals surface area contributed by atoms with E-state index >= 15 is 0 Å². The number of carbonyl (C=O) groups is 7. The van der Waals surface area contributed by atoms with Crippen LogP contribution in [0.5, 0.6) is 0 Å². The van der Waals surface area contributed by atoms with E-state index in [2.05, 4.69) is 27.5 Å². The molecule has 14 nitrogen and oxygen atoms in total. The number of amides is 6. The van der Waals surface area contributed by atoms with Crippen LogP contribution in [0.4, 0.5) is 0 Å². The Morgan fingerprint density at radius 3 is 2.26 bits per heavy atom. The summed E-state index contributed by atoms with van der Waals surface area (Å²) in [5, 5.41) is 10.7. The van der Waals surface area contributed by atoms with E-state index in [-0.39, 0.29) is 42.4 Å². The second-order valence-electron chi connectivity index (χ2n) is 15.7. The van der Waals surface area contributed by atoms with Crippen LogP contribution in [0.3, 0.4) is 0 Å². The van der Waals surface area contributed by atoms with Crippen molar-refractivity contribution in [2.75, 3.05) is 45.8 Å². The van der Waals surface area contributed by atoms with Gasteiger partial charge in [-0.3, -0.25) is 33.6 Å². The summed E-state index contributed by atoms with van der Waals surface area (Å²) < 4.78 is 5.72. The van der Waals surface area contributed by atoms with E-state index in [0.29, 0.717) is 38.0 Å². The minimum Gasteiger partial charge on any atom is -0.498 e. The lowest BCUT2D eigenvalue weighted by molar-refractivity contribution is -0.144. The number of ether oxygens (including phenoxy) is 1. The summed E-state index contributed by atoms with van der Waals surface area (Å²) in [7, 11) is 3.13. The topological polar surface area (TPSA) is 183 Å². The first-order valence-corrected chi connectivity index (χ1v) is 23.4. The Balaban J connectivity index is 0.00000631. The van der Waals surface area contributed by atoms with Crippen molar-refractivity contribution < 1.29 is 38.3 Å². The largest absolute Gasteiger partial charge is 0.498 e. The van der Waals surface area contributed by atoms with E-state index in [1.54, 1.807) is 56.2 Å². The van der Waals surface area contributed by atoms with Crippen LogP contribution in [0.25, 0.3) is 0 Å². The highest BCUT2D eigenvalue weighted by Gasteiger charge is 2.42. The average Bonchev–Trinajstić information content (AvgIpc) is 3.76. The quantitative estimate of drug-likeness (QED) is 0.0495. The lowest BCUT2D eigenvalue weighted by Gasteiger charge is -2.35. The maximum Gasteiger partial charge on any atom is 0.290 e. The van der Waals surface area contributed by atoms with Gasteiger partial charge >= 0.3 is 0 Å². The number of hydrogen-bond acceptors (Lipinski definition) is 9. The van der Waals surface area contributed by atoms with Gasteiger partial charge in [0.05, 0.1) is 25.0 Å². The molecule has 1 saturated heterocycles. The second-order valence-corrected chi connectivity index (χ2v) is 16.7. The molecule has 0 spiro atoms. The molecule has 15 heteroatoms. The molecule has 1 aromatic carbocycles. The first kappa shape index (κ1) is 52.5. The van der Waals surface area contributed by atoms with Crippen LogP contribution in [0.15, 0.2) is 54.3 Å². The van der Waals surface area contributed by atoms with E-state index < -0.39 is 54.2 Å². The van der Waals surface area contributed by atoms with Gasteiger partial charge in [-0.25, -0.2) is 0 Å². The molecule has 2 aliphatic rings. The standard InChI is InChI=1S/C44H66N6O8S.C2H6/c1-7-17-34(40(53)42(55)45-29-37(52)48-38(43(56)49(4)5)32-20-10-8-11-21-32)46-41(54)35-24-15-25-50(35)44(57)39(33-22-12-9-13-23-33)47-36(51)28-30(2)18-14-19-31(3)58-26-16-27-59-6;1-2/h8,10-11,14,18-21,30,33-35,38-39H,7,9,12-13,15-17,22-29H2,1-6H3,(H,45,55)(H,46,54)(H,47,51)(H,48,52);1-2H3/b18-14-,31-19+;. The molecule has 0 bridgehead atoms. The molecule has 1 aliphatic heterocycles. The monoisotopic (exact) mass is 869 g/mol. The summed E-state index contributed by atoms with van der Waals surface area (Å²) in [4.78, 5) is 96.5. The molecule has 0 radical (unpaired) electrons. The van der Waals surface area contributed by atoms with Gasteiger partial charge in [0.25, 0.3) is 5.91 Å². The Labute approximate surface area is 368 Å². The van der Waals surface area contributed by atoms with Crippen molar-refractivity contribution in [1.29, 1.82) is 0 Å². The molecule has 1 aromatic rings. The molecule has 1 heterocycles. The molecule has 3 rings (SSSR count). The number of Topliss-reactive ketones (excluding diaryl/α,β-unsaturated/α-hetero) is 1. The summed E-state index contributed by atoms with van der Waals surface area (Å²) in [6.45, 7) is 10.1. The van der Waals surface area contributed by atoms with Crippen molar-refractivity contribution in [1.82, 2.24) is 31.1 Å². The summed E-state index contributed by atoms with van der Waals surface area (Å²) >= 11 is 1.78. The summed E-state index contributed by atoms with van der Waals surface area (Å²) in [5.41, 5.74) is 0.555. The molecule has 5 unspecified atom stereocenters. The smallest absolute Gasteiger partial charge is 0.290 e. The fraction of sp³-hybridized carbons (Fsp3) is 0.630. The summed E-state index contributed by atoms with van der Waals surface area (Å²) in [6, 6.07) is 4.81. The number of hydrogen-bond donors (Lipinski definition) is 4. The number of benzene rings is 1. The van der Waals surface area contributed by atoms with E-state index in [9.17, 15) is 33.6 Å². The van der Waals surface area contributed by atoms with Crippen molar-refractivity contribution in [3.05, 3.63) is 59.9 Å². The Morgan fingerprint density at radius 1 is 0.934 bits per heavy atom. The highest BCUT2D eigenvalue weighted by molar-refractivity contribution is 7.98. The molecule has 1 aliphatic carbocycles. The maximum atomic E-state index is 14.3. The van der Waals surface area contributed by atoms with Crippen molar-refractivity contribution in [2.24, 2.45) is 11.8 Å². The minimum absolute atomic E-state index is 0.0662. The number of thioether (sulfide) groups is 1. The number of rotatable bonds is 23. The van der Waals surface area contributed by atoms with Crippen molar-refractivity contribution in [3.8, 4) is 0 Å². The number of allylic oxidation sites excluding steroid dienone is 4. The van der Waals surface area contributed by atoms with E-state index in [1.807, 2.05) is 52.8 Å². The van der Waals surface area contributed by atoms with E-state index in [1.165, 1.54) is 9.80 Å². The average molecular weight is 869 g/mol. The zero-order valence-electron chi connectivity index (χ0n) is 37.8. The Bertz CT molecular complexity index is 1630. The van der Waals surface area contributed by atoms with Crippen LogP contribution in [-0.2, 0) is 38.3 Å². The van der Waals surface area contributed by atoms with E-state index in [0.717, 1.165) is 50.0 Å². The minimum atomic E-state index is -1.19. The molecule has 61 heavy (non-hydrogen) atoms. The molecule has 6 amide bonds. The number of likely N-dealkylation sites (N-methyl/N-ethyl adjacent to an activating group) is 1. The van der Waals surface area contributed by atoms with Gasteiger partial charge in [0.2, 0.25) is 35.3 Å². The van der Waals surface area contributed by atoms with Gasteiger partial charge in [0.1, 0.15) is 18.1 Å². The first-order valence-electron chi connectivity index (χ1n) is 22.0. The molecule has 1 saturated carbocycles. The van der Waals surface area contributed by atoms with Crippen LogP contribution >= 0.6 is 11.8 Å². The van der Waals surface area contributed by atoms with Crippen LogP contribution in [-0.4, -0.2) is 115 Å². The number of carbonyl (C=O) groups excluding carboxylic acids is 7. The highest BCUT2D eigenvalue weighted by atomic mass is 32.2. The lowest BCUT2D eigenvalue weighted by atomic mass is 9.83. The Morgan fingerprint density at radius 2 is 1.62 bits per heavy atom. The van der Waals surface area contributed by atoms with Crippen molar-refractivity contribution >= 4 is 53.0 Å². The van der Waals surface area contributed by atoms with Crippen molar-refractivity contribution in [3.63, 3.8) is 0 Å². The number of nitrogens with zero attached hydrogens (tertiary/aromatic N) is 2. The molecule has 5 atom stereocenters. The van der Waals surface area contributed by atoms with Crippen LogP contribution in [0, 0.1) is 11.8 Å². The van der Waals surface area contributed by atoms with Gasteiger partial charge in [-0.1, -0.05) is 95.9 Å². The Hall–Kier alpha value is -4.66. The second kappa shape index (κ2) is 28.8. The predicted molar refractivity (Wildman–Crippen MR) is 241 cm³/mol. The number of ketones is 1. The lowest BCUT2D eigenvalue weighted by Crippen LogP contribution is -2.58. The van der Waals surface area contributed by atoms with Gasteiger partial charge in [-0.05, 0) is 80.9 Å². The molecule has 340 valence electrons. The molecular weight excluding hydrogens is 797 g/mol. The zero-order valence-corrected chi connectivity index (χ0v) is 38.6. The van der Waals surface area contributed by atoms with E-state index in [4.69, 9.17) is 4.74 Å². The number of likely N-dealkylation sites (tertiary alicyclic amines) is 1. The van der Waals surface area contributed by atoms with Gasteiger partial charge in [-0.15, -0.1) is 0 Å². The summed E-state index contributed by atoms with van der Waals surface area (Å²) in [6.07, 6.45) is 15.0.